The van der Waals surface area contributed by atoms with Crippen LogP contribution in [0.15, 0.2) is 18.2 Å². The molecule has 3 rings (SSSR count). The van der Waals surface area contributed by atoms with Crippen LogP contribution in [0.25, 0.3) is 0 Å². The Balaban J connectivity index is 2.03. The van der Waals surface area contributed by atoms with Crippen molar-refractivity contribution in [1.82, 2.24) is 0 Å². The van der Waals surface area contributed by atoms with Crippen molar-refractivity contribution in [3.05, 3.63) is 29.3 Å². The Bertz CT molecular complexity index is 553. The number of nitrogens with two attached hydrogens (primary N) is 1. The third-order valence-corrected chi connectivity index (χ3v) is 4.71. The molecule has 1 amide bonds. The lowest BCUT2D eigenvalue weighted by molar-refractivity contribution is -0.123. The highest BCUT2D eigenvalue weighted by Gasteiger charge is 2.48. The van der Waals surface area contributed by atoms with Gasteiger partial charge >= 0.3 is 0 Å². The van der Waals surface area contributed by atoms with Crippen molar-refractivity contribution in [3.8, 4) is 0 Å². The number of anilines is 1. The maximum absolute atomic E-state index is 12.7. The first-order valence-corrected chi connectivity index (χ1v) is 7.56. The number of nitrogens with zero attached hydrogens (tertiary/aromatic N) is 1. The molecule has 0 aromatic heterocycles. The molecule has 108 valence electrons. The fraction of sp³-hybridized carbons (Fsp3) is 0.588. The summed E-state index contributed by atoms with van der Waals surface area (Å²) in [5.74, 6) is 0.297. The third kappa shape index (κ3) is 2.14. The summed E-state index contributed by atoms with van der Waals surface area (Å²) in [5.41, 5.74) is 9.36. The second kappa shape index (κ2) is 4.32. The first-order valence-electron chi connectivity index (χ1n) is 7.56. The van der Waals surface area contributed by atoms with Crippen LogP contribution in [0.5, 0.6) is 0 Å². The number of hydrogen-bond donors (Lipinski definition) is 1. The average molecular weight is 272 g/mol. The van der Waals surface area contributed by atoms with E-state index in [2.05, 4.69) is 19.1 Å². The highest BCUT2D eigenvalue weighted by Crippen LogP contribution is 2.48. The van der Waals surface area contributed by atoms with Crippen molar-refractivity contribution in [2.75, 3.05) is 11.4 Å². The largest absolute Gasteiger partial charge is 0.322 e. The monoisotopic (exact) mass is 272 g/mol. The number of fused-ring (bicyclic) bond motifs is 1. The van der Waals surface area contributed by atoms with E-state index in [1.54, 1.807) is 0 Å². The van der Waals surface area contributed by atoms with Crippen molar-refractivity contribution >= 4 is 11.6 Å². The summed E-state index contributed by atoms with van der Waals surface area (Å²) in [7, 11) is 0. The number of amides is 1. The molecule has 2 aliphatic rings. The van der Waals surface area contributed by atoms with Crippen molar-refractivity contribution < 1.29 is 4.79 Å². The minimum absolute atomic E-state index is 0.108. The topological polar surface area (TPSA) is 46.3 Å². The lowest BCUT2D eigenvalue weighted by Gasteiger charge is -2.35. The van der Waals surface area contributed by atoms with Crippen molar-refractivity contribution in [2.45, 2.75) is 52.0 Å². The zero-order valence-electron chi connectivity index (χ0n) is 12.7. The van der Waals surface area contributed by atoms with Gasteiger partial charge < -0.3 is 10.6 Å². The smallest absolute Gasteiger partial charge is 0.232 e. The molecule has 0 unspecified atom stereocenters. The van der Waals surface area contributed by atoms with Crippen LogP contribution in [0.3, 0.4) is 0 Å². The molecule has 0 spiro atoms. The van der Waals surface area contributed by atoms with Crippen LogP contribution in [-0.4, -0.2) is 12.5 Å². The van der Waals surface area contributed by atoms with Gasteiger partial charge in [0.2, 0.25) is 5.91 Å². The molecule has 1 saturated carbocycles. The van der Waals surface area contributed by atoms with E-state index in [-0.39, 0.29) is 11.0 Å². The summed E-state index contributed by atoms with van der Waals surface area (Å²) >= 11 is 0. The van der Waals surface area contributed by atoms with Crippen LogP contribution in [0.1, 0.15) is 51.2 Å². The Morgan fingerprint density at radius 1 is 1.35 bits per heavy atom. The van der Waals surface area contributed by atoms with Gasteiger partial charge in [-0.3, -0.25) is 4.79 Å². The molecule has 0 radical (unpaired) electrons. The van der Waals surface area contributed by atoms with Crippen LogP contribution in [0.2, 0.25) is 0 Å². The summed E-state index contributed by atoms with van der Waals surface area (Å²) in [6.45, 7) is 6.99. The minimum Gasteiger partial charge on any atom is -0.322 e. The Labute approximate surface area is 121 Å². The van der Waals surface area contributed by atoms with E-state index in [0.717, 1.165) is 37.9 Å². The SMILES string of the molecule is CC1(C(=O)N2CCCc3c2cccc3C(C)(C)N)CC1. The molecule has 0 atom stereocenters. The Hall–Kier alpha value is -1.35. The van der Waals surface area contributed by atoms with Gasteiger partial charge in [0, 0.05) is 23.2 Å². The molecule has 1 aliphatic heterocycles. The minimum atomic E-state index is -0.360. The van der Waals surface area contributed by atoms with Gasteiger partial charge in [0.1, 0.15) is 0 Å². The molecular formula is C17H24N2O. The summed E-state index contributed by atoms with van der Waals surface area (Å²) in [5, 5.41) is 0. The van der Waals surface area contributed by atoms with Crippen molar-refractivity contribution in [1.29, 1.82) is 0 Å². The van der Waals surface area contributed by atoms with Gasteiger partial charge in [-0.15, -0.1) is 0 Å². The van der Waals surface area contributed by atoms with E-state index in [4.69, 9.17) is 5.73 Å². The van der Waals surface area contributed by atoms with E-state index in [9.17, 15) is 4.79 Å². The molecule has 2 N–H and O–H groups in total. The van der Waals surface area contributed by atoms with E-state index in [1.165, 1.54) is 11.1 Å². The Morgan fingerprint density at radius 3 is 2.65 bits per heavy atom. The molecule has 3 heteroatoms. The number of benzene rings is 1. The number of carbonyl (C=O) groups is 1. The molecule has 1 aromatic rings. The number of hydrogen-bond acceptors (Lipinski definition) is 2. The van der Waals surface area contributed by atoms with E-state index in [0.29, 0.717) is 5.91 Å². The van der Waals surface area contributed by atoms with E-state index < -0.39 is 0 Å². The quantitative estimate of drug-likeness (QED) is 0.899. The molecular weight excluding hydrogens is 248 g/mol. The van der Waals surface area contributed by atoms with Crippen LogP contribution in [0, 0.1) is 5.41 Å². The first-order chi connectivity index (χ1) is 9.33. The van der Waals surface area contributed by atoms with Crippen LogP contribution in [-0.2, 0) is 16.8 Å². The van der Waals surface area contributed by atoms with Gasteiger partial charge in [-0.1, -0.05) is 19.1 Å². The molecule has 1 aliphatic carbocycles. The Kier molecular flexibility index (Phi) is 2.94. The van der Waals surface area contributed by atoms with Gasteiger partial charge in [0.05, 0.1) is 0 Å². The van der Waals surface area contributed by atoms with Crippen LogP contribution >= 0.6 is 0 Å². The number of carbonyl (C=O) groups excluding carboxylic acids is 1. The molecule has 0 saturated heterocycles. The summed E-state index contributed by atoms with van der Waals surface area (Å²) < 4.78 is 0. The highest BCUT2D eigenvalue weighted by molar-refractivity contribution is 6.00. The van der Waals surface area contributed by atoms with Gasteiger partial charge in [0.25, 0.3) is 0 Å². The lowest BCUT2D eigenvalue weighted by Crippen LogP contribution is -2.41. The number of rotatable bonds is 2. The maximum atomic E-state index is 12.7. The molecule has 1 heterocycles. The predicted octanol–water partition coefficient (Wildman–Crippen LogP) is 2.96. The maximum Gasteiger partial charge on any atom is 0.232 e. The van der Waals surface area contributed by atoms with Crippen molar-refractivity contribution in [2.24, 2.45) is 11.1 Å². The normalized spacial score (nSPS) is 20.5. The van der Waals surface area contributed by atoms with Gasteiger partial charge in [0.15, 0.2) is 0 Å². The lowest BCUT2D eigenvalue weighted by atomic mass is 9.86. The molecule has 1 aromatic carbocycles. The molecule has 3 nitrogen and oxygen atoms in total. The second-order valence-corrected chi connectivity index (χ2v) is 7.15. The summed E-state index contributed by atoms with van der Waals surface area (Å²) in [4.78, 5) is 14.7. The van der Waals surface area contributed by atoms with Crippen molar-refractivity contribution in [3.63, 3.8) is 0 Å². The average Bonchev–Trinajstić information content (AvgIpc) is 3.15. The standard InChI is InChI=1S/C17H24N2O/c1-16(2,18)13-7-4-8-14-12(13)6-5-11-19(14)15(20)17(3)9-10-17/h4,7-8H,5-6,9-11,18H2,1-3H3. The molecule has 1 fully saturated rings. The van der Waals surface area contributed by atoms with Gasteiger partial charge in [-0.25, -0.2) is 0 Å². The Morgan fingerprint density at radius 2 is 2.05 bits per heavy atom. The van der Waals surface area contributed by atoms with Gasteiger partial charge in [-0.05, 0) is 56.7 Å². The van der Waals surface area contributed by atoms with E-state index in [1.807, 2.05) is 24.8 Å². The molecule has 0 bridgehead atoms. The van der Waals surface area contributed by atoms with Gasteiger partial charge in [-0.2, -0.15) is 0 Å². The second-order valence-electron chi connectivity index (χ2n) is 7.15. The fourth-order valence-electron chi connectivity index (χ4n) is 3.17. The zero-order valence-corrected chi connectivity index (χ0v) is 12.7. The zero-order chi connectivity index (χ0) is 14.5. The summed E-state index contributed by atoms with van der Waals surface area (Å²) in [6.07, 6.45) is 4.11. The fourth-order valence-corrected chi connectivity index (χ4v) is 3.17. The summed E-state index contributed by atoms with van der Waals surface area (Å²) in [6, 6.07) is 6.21. The van der Waals surface area contributed by atoms with Crippen LogP contribution < -0.4 is 10.6 Å². The first kappa shape index (κ1) is 13.6. The molecule has 20 heavy (non-hydrogen) atoms. The highest BCUT2D eigenvalue weighted by atomic mass is 16.2. The van der Waals surface area contributed by atoms with E-state index >= 15 is 0 Å². The van der Waals surface area contributed by atoms with Crippen LogP contribution in [0.4, 0.5) is 5.69 Å². The third-order valence-electron chi connectivity index (χ3n) is 4.71. The predicted molar refractivity (Wildman–Crippen MR) is 81.7 cm³/mol.